The average Bonchev–Trinajstić information content (AvgIpc) is 2.74. The molecule has 0 radical (unpaired) electrons. The topological polar surface area (TPSA) is 68.8 Å². The Bertz CT molecular complexity index is 508. The molecule has 5 nitrogen and oxygen atoms in total. The van der Waals surface area contributed by atoms with Crippen molar-refractivity contribution in [3.05, 3.63) is 47.0 Å². The summed E-state index contributed by atoms with van der Waals surface area (Å²) in [5.41, 5.74) is 4.64. The molecule has 2 aromatic rings. The molecule has 2 aromatic heterocycles. The highest BCUT2D eigenvalue weighted by Crippen LogP contribution is 2.29. The zero-order valence-electron chi connectivity index (χ0n) is 10.3. The Morgan fingerprint density at radius 1 is 1.33 bits per heavy atom. The molecule has 0 amide bonds. The maximum absolute atomic E-state index is 6.22. The number of pyridine rings is 1. The summed E-state index contributed by atoms with van der Waals surface area (Å²) in [7, 11) is 0. The van der Waals surface area contributed by atoms with Crippen molar-refractivity contribution in [2.45, 2.75) is 25.9 Å². The van der Waals surface area contributed by atoms with Crippen LogP contribution in [0.25, 0.3) is 0 Å². The first-order chi connectivity index (χ1) is 8.65. The fraction of sp³-hybridized carbons (Fsp3) is 0.333. The van der Waals surface area contributed by atoms with Gasteiger partial charge in [0, 0.05) is 18.4 Å². The molecule has 2 heterocycles. The van der Waals surface area contributed by atoms with E-state index in [1.807, 2.05) is 30.7 Å². The molecule has 2 rings (SSSR count). The monoisotopic (exact) mass is 265 g/mol. The Hall–Kier alpha value is -1.43. The summed E-state index contributed by atoms with van der Waals surface area (Å²) in [6.07, 6.45) is 5.09. The summed E-state index contributed by atoms with van der Waals surface area (Å²) in [6, 6.07) is 3.81. The van der Waals surface area contributed by atoms with E-state index in [9.17, 15) is 0 Å². The Morgan fingerprint density at radius 2 is 2.00 bits per heavy atom. The van der Waals surface area contributed by atoms with Crippen molar-refractivity contribution >= 4 is 11.6 Å². The van der Waals surface area contributed by atoms with Gasteiger partial charge >= 0.3 is 0 Å². The van der Waals surface area contributed by atoms with E-state index in [4.69, 9.17) is 17.4 Å². The summed E-state index contributed by atoms with van der Waals surface area (Å²) in [5, 5.41) is 4.88. The lowest BCUT2D eigenvalue weighted by molar-refractivity contribution is 0.476. The Kier molecular flexibility index (Phi) is 3.96. The van der Waals surface area contributed by atoms with E-state index >= 15 is 0 Å². The molecule has 6 heteroatoms. The first-order valence-electron chi connectivity index (χ1n) is 5.74. The number of hydrogen-bond donors (Lipinski definition) is 2. The number of nitrogens with zero attached hydrogens (tertiary/aromatic N) is 3. The summed E-state index contributed by atoms with van der Waals surface area (Å²) in [4.78, 5) is 4.00. The fourth-order valence-electron chi connectivity index (χ4n) is 1.92. The highest BCUT2D eigenvalue weighted by molar-refractivity contribution is 6.31. The molecular weight excluding hydrogens is 250 g/mol. The second kappa shape index (κ2) is 5.48. The molecule has 18 heavy (non-hydrogen) atoms. The van der Waals surface area contributed by atoms with E-state index in [0.717, 1.165) is 11.3 Å². The molecule has 0 saturated carbocycles. The highest BCUT2D eigenvalue weighted by atomic mass is 35.5. The van der Waals surface area contributed by atoms with Gasteiger partial charge in [0.05, 0.1) is 23.0 Å². The lowest BCUT2D eigenvalue weighted by Gasteiger charge is -2.20. The Morgan fingerprint density at radius 3 is 2.56 bits per heavy atom. The predicted molar refractivity (Wildman–Crippen MR) is 71.0 cm³/mol. The molecule has 0 spiro atoms. The van der Waals surface area contributed by atoms with Crippen molar-refractivity contribution in [2.75, 3.05) is 0 Å². The molecule has 3 N–H and O–H groups in total. The number of halogens is 1. The van der Waals surface area contributed by atoms with E-state index < -0.39 is 0 Å². The van der Waals surface area contributed by atoms with Gasteiger partial charge in [-0.15, -0.1) is 0 Å². The summed E-state index contributed by atoms with van der Waals surface area (Å²) < 4.78 is 1.87. The lowest BCUT2D eigenvalue weighted by Crippen LogP contribution is -2.31. The van der Waals surface area contributed by atoms with E-state index in [1.165, 1.54) is 0 Å². The maximum Gasteiger partial charge on any atom is 0.0894 e. The Labute approximate surface area is 111 Å². The average molecular weight is 266 g/mol. The fourth-order valence-corrected chi connectivity index (χ4v) is 2.16. The molecule has 0 aliphatic rings. The van der Waals surface area contributed by atoms with Crippen LogP contribution in [0.3, 0.4) is 0 Å². The predicted octanol–water partition coefficient (Wildman–Crippen LogP) is 2.07. The number of nitrogens with two attached hydrogens (primary N) is 1. The SMILES string of the molecule is CC(C)n1ncc(Cl)c1C(NN)c1ccncc1. The number of nitrogens with one attached hydrogen (secondary N) is 1. The van der Waals surface area contributed by atoms with Crippen LogP contribution in [-0.4, -0.2) is 14.8 Å². The molecule has 0 fully saturated rings. The third-order valence-corrected chi connectivity index (χ3v) is 3.05. The highest BCUT2D eigenvalue weighted by Gasteiger charge is 2.22. The van der Waals surface area contributed by atoms with Gasteiger partial charge in [-0.2, -0.15) is 5.10 Å². The molecule has 96 valence electrons. The molecule has 1 unspecified atom stereocenters. The van der Waals surface area contributed by atoms with Gasteiger partial charge in [-0.1, -0.05) is 11.6 Å². The van der Waals surface area contributed by atoms with Crippen molar-refractivity contribution in [3.63, 3.8) is 0 Å². The normalized spacial score (nSPS) is 12.9. The van der Waals surface area contributed by atoms with Crippen LogP contribution in [0.1, 0.15) is 37.2 Å². The second-order valence-electron chi connectivity index (χ2n) is 4.30. The zero-order chi connectivity index (χ0) is 13.1. The summed E-state index contributed by atoms with van der Waals surface area (Å²) in [5.74, 6) is 5.66. The molecule has 0 bridgehead atoms. The van der Waals surface area contributed by atoms with Crippen LogP contribution in [0.4, 0.5) is 0 Å². The summed E-state index contributed by atoms with van der Waals surface area (Å²) >= 11 is 6.22. The van der Waals surface area contributed by atoms with Crippen molar-refractivity contribution in [2.24, 2.45) is 5.84 Å². The number of hydrogen-bond acceptors (Lipinski definition) is 4. The quantitative estimate of drug-likeness (QED) is 0.656. The molecule has 0 saturated heterocycles. The van der Waals surface area contributed by atoms with Crippen molar-refractivity contribution in [1.82, 2.24) is 20.2 Å². The first-order valence-corrected chi connectivity index (χ1v) is 6.12. The van der Waals surface area contributed by atoms with Crippen molar-refractivity contribution < 1.29 is 0 Å². The molecule has 1 atom stereocenters. The number of aromatic nitrogens is 3. The Balaban J connectivity index is 2.48. The van der Waals surface area contributed by atoms with Crippen LogP contribution in [0.5, 0.6) is 0 Å². The van der Waals surface area contributed by atoms with Crippen LogP contribution >= 0.6 is 11.6 Å². The van der Waals surface area contributed by atoms with Gasteiger partial charge in [-0.3, -0.25) is 15.5 Å². The van der Waals surface area contributed by atoms with Crippen molar-refractivity contribution in [1.29, 1.82) is 0 Å². The minimum absolute atomic E-state index is 0.203. The van der Waals surface area contributed by atoms with Crippen LogP contribution < -0.4 is 11.3 Å². The second-order valence-corrected chi connectivity index (χ2v) is 4.70. The van der Waals surface area contributed by atoms with Crippen LogP contribution in [0.15, 0.2) is 30.7 Å². The van der Waals surface area contributed by atoms with Gasteiger partial charge in [0.2, 0.25) is 0 Å². The smallest absolute Gasteiger partial charge is 0.0894 e. The van der Waals surface area contributed by atoms with Gasteiger partial charge in [-0.05, 0) is 31.5 Å². The largest absolute Gasteiger partial charge is 0.271 e. The molecule has 0 aliphatic carbocycles. The van der Waals surface area contributed by atoms with E-state index in [-0.39, 0.29) is 12.1 Å². The standard InChI is InChI=1S/C12H16ClN5/c1-8(2)18-12(10(13)7-16-18)11(17-14)9-3-5-15-6-4-9/h3-8,11,17H,14H2,1-2H3. The molecular formula is C12H16ClN5. The zero-order valence-corrected chi connectivity index (χ0v) is 11.1. The van der Waals surface area contributed by atoms with Gasteiger partial charge in [0.25, 0.3) is 0 Å². The number of hydrazine groups is 1. The van der Waals surface area contributed by atoms with Crippen LogP contribution in [0.2, 0.25) is 5.02 Å². The van der Waals surface area contributed by atoms with Crippen molar-refractivity contribution in [3.8, 4) is 0 Å². The van der Waals surface area contributed by atoms with E-state index in [1.54, 1.807) is 18.6 Å². The van der Waals surface area contributed by atoms with Crippen LogP contribution in [-0.2, 0) is 0 Å². The number of rotatable bonds is 4. The van der Waals surface area contributed by atoms with Gasteiger partial charge in [0.1, 0.15) is 0 Å². The van der Waals surface area contributed by atoms with E-state index in [0.29, 0.717) is 5.02 Å². The lowest BCUT2D eigenvalue weighted by atomic mass is 10.1. The maximum atomic E-state index is 6.22. The third-order valence-electron chi connectivity index (χ3n) is 2.76. The molecule has 0 aromatic carbocycles. The van der Waals surface area contributed by atoms with E-state index in [2.05, 4.69) is 15.5 Å². The van der Waals surface area contributed by atoms with Gasteiger partial charge < -0.3 is 0 Å². The van der Waals surface area contributed by atoms with Crippen LogP contribution in [0, 0.1) is 0 Å². The van der Waals surface area contributed by atoms with Gasteiger partial charge in [0.15, 0.2) is 0 Å². The molecule has 0 aliphatic heterocycles. The third kappa shape index (κ3) is 2.38. The first kappa shape index (κ1) is 13.0. The van der Waals surface area contributed by atoms with Gasteiger partial charge in [-0.25, -0.2) is 5.43 Å². The summed E-state index contributed by atoms with van der Waals surface area (Å²) in [6.45, 7) is 4.10. The minimum atomic E-state index is -0.203. The minimum Gasteiger partial charge on any atom is -0.271 e.